The molecule has 1 heterocycles. The monoisotopic (exact) mass is 389 g/mol. The summed E-state index contributed by atoms with van der Waals surface area (Å²) >= 11 is 1.62. The van der Waals surface area contributed by atoms with E-state index in [0.29, 0.717) is 12.1 Å². The Labute approximate surface area is 161 Å². The Hall–Kier alpha value is -2.61. The van der Waals surface area contributed by atoms with Gasteiger partial charge in [-0.1, -0.05) is 32.4 Å². The number of aliphatic carboxylic acids is 1. The maximum absolute atomic E-state index is 12.3. The molecule has 8 heteroatoms. The van der Waals surface area contributed by atoms with Crippen LogP contribution in [0.3, 0.4) is 0 Å². The van der Waals surface area contributed by atoms with Gasteiger partial charge in [-0.15, -0.1) is 11.8 Å². The molecule has 1 amide bonds. The van der Waals surface area contributed by atoms with Gasteiger partial charge in [0.1, 0.15) is 12.6 Å². The molecule has 0 aliphatic carbocycles. The molecular formula is C19H23N3O4S. The lowest BCUT2D eigenvalue weighted by molar-refractivity contribution is -0.143. The van der Waals surface area contributed by atoms with E-state index < -0.39 is 23.5 Å². The number of carboxylic acid groups (broad SMARTS) is 1. The summed E-state index contributed by atoms with van der Waals surface area (Å²) in [5.41, 5.74) is 0.960. The maximum atomic E-state index is 12.3. The third-order valence-corrected chi connectivity index (χ3v) is 5.08. The normalized spacial score (nSPS) is 13.0. The van der Waals surface area contributed by atoms with Crippen molar-refractivity contribution in [1.29, 1.82) is 0 Å². The summed E-state index contributed by atoms with van der Waals surface area (Å²) in [5.74, 6) is -1.88. The van der Waals surface area contributed by atoms with Crippen LogP contribution in [-0.4, -0.2) is 39.1 Å². The molecule has 2 atom stereocenters. The molecule has 2 N–H and O–H groups in total. The van der Waals surface area contributed by atoms with Crippen molar-refractivity contribution in [2.24, 2.45) is 5.92 Å². The van der Waals surface area contributed by atoms with Crippen LogP contribution in [0.1, 0.15) is 20.3 Å². The highest BCUT2D eigenvalue weighted by Crippen LogP contribution is 2.20. The predicted molar refractivity (Wildman–Crippen MR) is 105 cm³/mol. The van der Waals surface area contributed by atoms with Crippen molar-refractivity contribution in [1.82, 2.24) is 15.1 Å². The van der Waals surface area contributed by atoms with E-state index in [1.165, 1.54) is 6.07 Å². The van der Waals surface area contributed by atoms with Gasteiger partial charge in [-0.05, 0) is 30.4 Å². The van der Waals surface area contributed by atoms with Gasteiger partial charge in [0.15, 0.2) is 0 Å². The molecule has 0 saturated heterocycles. The first-order valence-electron chi connectivity index (χ1n) is 8.60. The lowest BCUT2D eigenvalue weighted by Gasteiger charge is -2.20. The zero-order chi connectivity index (χ0) is 20.0. The minimum Gasteiger partial charge on any atom is -0.480 e. The number of thioether (sulfide) groups is 1. The van der Waals surface area contributed by atoms with Crippen molar-refractivity contribution in [3.63, 3.8) is 0 Å². The summed E-state index contributed by atoms with van der Waals surface area (Å²) in [5, 5.41) is 16.0. The Morgan fingerprint density at radius 1 is 1.22 bits per heavy atom. The van der Waals surface area contributed by atoms with Crippen LogP contribution in [-0.2, 0) is 16.1 Å². The van der Waals surface area contributed by atoms with Gasteiger partial charge in [-0.2, -0.15) is 5.10 Å². The number of amides is 1. The summed E-state index contributed by atoms with van der Waals surface area (Å²) in [6.45, 7) is 3.27. The molecule has 1 aromatic heterocycles. The molecule has 27 heavy (non-hydrogen) atoms. The Bertz CT molecular complexity index is 864. The van der Waals surface area contributed by atoms with Gasteiger partial charge in [-0.3, -0.25) is 9.59 Å². The number of nitrogens with one attached hydrogen (secondary N) is 1. The zero-order valence-corrected chi connectivity index (χ0v) is 16.3. The van der Waals surface area contributed by atoms with Gasteiger partial charge in [0.2, 0.25) is 5.91 Å². The molecule has 0 bridgehead atoms. The highest BCUT2D eigenvalue weighted by molar-refractivity contribution is 7.98. The number of carbonyl (C=O) groups is 2. The van der Waals surface area contributed by atoms with Gasteiger partial charge in [0.25, 0.3) is 5.56 Å². The number of nitrogens with zero attached hydrogens (tertiary/aromatic N) is 2. The quantitative estimate of drug-likeness (QED) is 0.672. The Balaban J connectivity index is 2.19. The van der Waals surface area contributed by atoms with Crippen molar-refractivity contribution in [3.8, 4) is 11.3 Å². The van der Waals surface area contributed by atoms with Crippen LogP contribution >= 0.6 is 11.8 Å². The van der Waals surface area contributed by atoms with Gasteiger partial charge < -0.3 is 10.4 Å². The molecule has 0 aliphatic heterocycles. The standard InChI is InChI=1S/C19H23N3O4S/c1-4-12(2)18(19(25)26)20-16(23)11-22-17(24)10-9-15(21-22)13-5-7-14(27-3)8-6-13/h5-10,12,18H,4,11H2,1-3H3,(H,20,23)(H,25,26)/t12-,18-/m1/s1. The fourth-order valence-electron chi connectivity index (χ4n) is 2.52. The lowest BCUT2D eigenvalue weighted by Crippen LogP contribution is -2.47. The second-order valence-corrected chi connectivity index (χ2v) is 7.09. The third kappa shape index (κ3) is 5.43. The Morgan fingerprint density at radius 3 is 2.44 bits per heavy atom. The van der Waals surface area contributed by atoms with Gasteiger partial charge in [0.05, 0.1) is 5.69 Å². The van der Waals surface area contributed by atoms with Gasteiger partial charge in [-0.25, -0.2) is 9.48 Å². The molecule has 0 unspecified atom stereocenters. The molecule has 2 rings (SSSR count). The number of carboxylic acids is 1. The van der Waals surface area contributed by atoms with Crippen LogP contribution in [0.2, 0.25) is 0 Å². The van der Waals surface area contributed by atoms with Crippen LogP contribution in [0.25, 0.3) is 11.3 Å². The number of hydrogen-bond donors (Lipinski definition) is 2. The largest absolute Gasteiger partial charge is 0.480 e. The van der Waals surface area contributed by atoms with E-state index in [1.54, 1.807) is 24.8 Å². The summed E-state index contributed by atoms with van der Waals surface area (Å²) in [6.07, 6.45) is 2.59. The predicted octanol–water partition coefficient (Wildman–Crippen LogP) is 2.25. The first-order chi connectivity index (χ1) is 12.8. The molecule has 1 aromatic carbocycles. The molecule has 0 aliphatic rings. The zero-order valence-electron chi connectivity index (χ0n) is 15.5. The van der Waals surface area contributed by atoms with Crippen molar-refractivity contribution in [2.45, 2.75) is 37.8 Å². The second-order valence-electron chi connectivity index (χ2n) is 6.21. The summed E-state index contributed by atoms with van der Waals surface area (Å²) in [4.78, 5) is 36.8. The minimum atomic E-state index is -1.10. The molecular weight excluding hydrogens is 366 g/mol. The summed E-state index contributed by atoms with van der Waals surface area (Å²) < 4.78 is 1.04. The molecule has 144 valence electrons. The number of benzene rings is 1. The molecule has 0 fully saturated rings. The highest BCUT2D eigenvalue weighted by Gasteiger charge is 2.25. The van der Waals surface area contributed by atoms with Crippen molar-refractivity contribution in [2.75, 3.05) is 6.26 Å². The van der Waals surface area contributed by atoms with E-state index >= 15 is 0 Å². The van der Waals surface area contributed by atoms with Gasteiger partial charge >= 0.3 is 5.97 Å². The fraction of sp³-hybridized carbons (Fsp3) is 0.368. The maximum Gasteiger partial charge on any atom is 0.326 e. The summed E-state index contributed by atoms with van der Waals surface area (Å²) in [7, 11) is 0. The van der Waals surface area contributed by atoms with Crippen molar-refractivity contribution < 1.29 is 14.7 Å². The Kier molecular flexibility index (Phi) is 7.18. The van der Waals surface area contributed by atoms with Crippen LogP contribution in [0, 0.1) is 5.92 Å². The van der Waals surface area contributed by atoms with Crippen LogP contribution in [0.5, 0.6) is 0 Å². The number of hydrogen-bond acceptors (Lipinski definition) is 5. The van der Waals surface area contributed by atoms with Crippen LogP contribution in [0.4, 0.5) is 0 Å². The smallest absolute Gasteiger partial charge is 0.326 e. The highest BCUT2D eigenvalue weighted by atomic mass is 32.2. The topological polar surface area (TPSA) is 101 Å². The first-order valence-corrected chi connectivity index (χ1v) is 9.83. The molecule has 0 spiro atoms. The second kappa shape index (κ2) is 9.36. The Morgan fingerprint density at radius 2 is 1.89 bits per heavy atom. The molecule has 2 aromatic rings. The van der Waals surface area contributed by atoms with E-state index in [2.05, 4.69) is 10.4 Å². The lowest BCUT2D eigenvalue weighted by atomic mass is 9.99. The van der Waals surface area contributed by atoms with E-state index in [0.717, 1.165) is 15.1 Å². The van der Waals surface area contributed by atoms with E-state index in [-0.39, 0.29) is 12.5 Å². The minimum absolute atomic E-state index is 0.225. The fourth-order valence-corrected chi connectivity index (χ4v) is 2.92. The average molecular weight is 389 g/mol. The summed E-state index contributed by atoms with van der Waals surface area (Å²) in [6, 6.07) is 9.64. The molecule has 7 nitrogen and oxygen atoms in total. The number of aromatic nitrogens is 2. The number of carbonyl (C=O) groups excluding carboxylic acids is 1. The first kappa shape index (κ1) is 20.7. The average Bonchev–Trinajstić information content (AvgIpc) is 2.67. The van der Waals surface area contributed by atoms with Crippen molar-refractivity contribution >= 4 is 23.6 Å². The van der Waals surface area contributed by atoms with E-state index in [9.17, 15) is 19.5 Å². The van der Waals surface area contributed by atoms with E-state index in [1.807, 2.05) is 37.4 Å². The molecule has 0 radical (unpaired) electrons. The SMILES string of the molecule is CC[C@@H](C)[C@@H](NC(=O)Cn1nc(-c2ccc(SC)cc2)ccc1=O)C(=O)O. The molecule has 0 saturated carbocycles. The van der Waals surface area contributed by atoms with Crippen LogP contribution < -0.4 is 10.9 Å². The number of rotatable bonds is 8. The van der Waals surface area contributed by atoms with Crippen molar-refractivity contribution in [3.05, 3.63) is 46.8 Å². The van der Waals surface area contributed by atoms with Crippen LogP contribution in [0.15, 0.2) is 46.1 Å². The van der Waals surface area contributed by atoms with Gasteiger partial charge in [0, 0.05) is 16.5 Å². The van der Waals surface area contributed by atoms with E-state index in [4.69, 9.17) is 0 Å². The third-order valence-electron chi connectivity index (χ3n) is 4.34.